The highest BCUT2D eigenvalue weighted by Gasteiger charge is 2.41. The Morgan fingerprint density at radius 1 is 1.26 bits per heavy atom. The Kier molecular flexibility index (Phi) is 4.27. The van der Waals surface area contributed by atoms with Gasteiger partial charge < -0.3 is 9.47 Å². The van der Waals surface area contributed by atoms with Gasteiger partial charge in [0.1, 0.15) is 17.2 Å². The Morgan fingerprint density at radius 2 is 1.84 bits per heavy atom. The van der Waals surface area contributed by atoms with Gasteiger partial charge in [-0.05, 0) is 19.1 Å². The molecule has 0 saturated carbocycles. The maximum absolute atomic E-state index is 13.2. The van der Waals surface area contributed by atoms with Crippen LogP contribution in [0.4, 0.5) is 8.78 Å². The highest BCUT2D eigenvalue weighted by Crippen LogP contribution is 2.30. The van der Waals surface area contributed by atoms with Gasteiger partial charge in [0.2, 0.25) is 0 Å². The summed E-state index contributed by atoms with van der Waals surface area (Å²) in [6.07, 6.45) is 0.801. The van der Waals surface area contributed by atoms with E-state index in [1.54, 1.807) is 6.92 Å². The lowest BCUT2D eigenvalue weighted by molar-refractivity contribution is -0.0822. The first-order valence-corrected chi connectivity index (χ1v) is 6.30. The first-order chi connectivity index (χ1) is 9.07. The summed E-state index contributed by atoms with van der Waals surface area (Å²) in [6.45, 7) is 2.97. The summed E-state index contributed by atoms with van der Waals surface area (Å²) in [6, 6.07) is 2.83. The first-order valence-electron chi connectivity index (χ1n) is 6.30. The number of benzene rings is 1. The molecule has 19 heavy (non-hydrogen) atoms. The minimum atomic E-state index is -1.02. The monoisotopic (exact) mass is 270 g/mol. The molecule has 0 radical (unpaired) electrons. The molecule has 1 aliphatic heterocycles. The van der Waals surface area contributed by atoms with Gasteiger partial charge in [-0.1, -0.05) is 0 Å². The topological polar surface area (TPSA) is 35.5 Å². The van der Waals surface area contributed by atoms with Crippen molar-refractivity contribution in [3.63, 3.8) is 0 Å². The Bertz CT molecular complexity index is 442. The number of hydrogen-bond donors (Lipinski definition) is 0. The van der Waals surface area contributed by atoms with Crippen LogP contribution < -0.4 is 0 Å². The molecule has 0 amide bonds. The van der Waals surface area contributed by atoms with Crippen LogP contribution in [0.1, 0.15) is 30.1 Å². The van der Waals surface area contributed by atoms with Gasteiger partial charge in [-0.25, -0.2) is 8.78 Å². The second kappa shape index (κ2) is 5.75. The zero-order valence-corrected chi connectivity index (χ0v) is 10.7. The summed E-state index contributed by atoms with van der Waals surface area (Å²) >= 11 is 0. The fraction of sp³-hybridized carbons (Fsp3) is 0.500. The van der Waals surface area contributed by atoms with Gasteiger partial charge in [0.05, 0.1) is 0 Å². The normalized spacial score (nSPS) is 18.3. The van der Waals surface area contributed by atoms with Gasteiger partial charge in [0.15, 0.2) is 5.78 Å². The number of ketones is 1. The van der Waals surface area contributed by atoms with Crippen LogP contribution in [0.3, 0.4) is 0 Å². The van der Waals surface area contributed by atoms with E-state index in [2.05, 4.69) is 0 Å². The molecular formula is C14H16F2O3. The van der Waals surface area contributed by atoms with Gasteiger partial charge in [0.25, 0.3) is 0 Å². The molecule has 104 valence electrons. The molecule has 1 aromatic carbocycles. The molecule has 3 nitrogen and oxygen atoms in total. The molecular weight excluding hydrogens is 254 g/mol. The highest BCUT2D eigenvalue weighted by atomic mass is 19.1. The zero-order chi connectivity index (χ0) is 13.9. The molecule has 0 aromatic heterocycles. The van der Waals surface area contributed by atoms with Crippen LogP contribution in [0.2, 0.25) is 0 Å². The minimum absolute atomic E-state index is 0.00727. The van der Waals surface area contributed by atoms with Crippen molar-refractivity contribution >= 4 is 5.78 Å². The molecule has 0 unspecified atom stereocenters. The van der Waals surface area contributed by atoms with E-state index in [1.165, 1.54) is 0 Å². The van der Waals surface area contributed by atoms with Crippen molar-refractivity contribution in [2.45, 2.75) is 25.4 Å². The fourth-order valence-electron chi connectivity index (χ4n) is 2.36. The molecule has 5 heteroatoms. The van der Waals surface area contributed by atoms with Gasteiger partial charge in [-0.3, -0.25) is 4.79 Å². The van der Waals surface area contributed by atoms with E-state index in [4.69, 9.17) is 9.47 Å². The second-order valence-electron chi connectivity index (χ2n) is 4.53. The maximum Gasteiger partial charge on any atom is 0.195 e. The van der Waals surface area contributed by atoms with Crippen molar-refractivity contribution in [1.82, 2.24) is 0 Å². The van der Waals surface area contributed by atoms with Gasteiger partial charge in [0, 0.05) is 44.3 Å². The third-order valence-corrected chi connectivity index (χ3v) is 3.26. The highest BCUT2D eigenvalue weighted by molar-refractivity contribution is 6.02. The summed E-state index contributed by atoms with van der Waals surface area (Å²) in [4.78, 5) is 12.5. The first kappa shape index (κ1) is 14.1. The molecule has 1 aromatic rings. The van der Waals surface area contributed by atoms with Crippen LogP contribution in [0.15, 0.2) is 18.2 Å². The van der Waals surface area contributed by atoms with Crippen molar-refractivity contribution in [3.8, 4) is 0 Å². The molecule has 0 spiro atoms. The molecule has 0 aliphatic carbocycles. The third kappa shape index (κ3) is 2.98. The van der Waals surface area contributed by atoms with Gasteiger partial charge >= 0.3 is 0 Å². The smallest absolute Gasteiger partial charge is 0.195 e. The molecule has 2 rings (SSSR count). The molecule has 0 N–H and O–H groups in total. The van der Waals surface area contributed by atoms with Crippen molar-refractivity contribution in [2.75, 3.05) is 19.8 Å². The summed E-state index contributed by atoms with van der Waals surface area (Å²) < 4.78 is 37.2. The van der Waals surface area contributed by atoms with E-state index in [1.807, 2.05) is 0 Å². The van der Waals surface area contributed by atoms with Crippen LogP contribution >= 0.6 is 0 Å². The van der Waals surface area contributed by atoms with E-state index in [9.17, 15) is 13.6 Å². The SMILES string of the molecule is CCOC1(C(=O)c2cc(F)cc(F)c2)CCOCC1. The lowest BCUT2D eigenvalue weighted by atomic mass is 9.85. The van der Waals surface area contributed by atoms with Crippen molar-refractivity contribution < 1.29 is 23.0 Å². The number of halogens is 2. The van der Waals surface area contributed by atoms with Gasteiger partial charge in [-0.2, -0.15) is 0 Å². The van der Waals surface area contributed by atoms with Crippen LogP contribution in [0, 0.1) is 11.6 Å². The molecule has 1 aliphatic rings. The summed E-state index contributed by atoms with van der Waals surface area (Å²) in [5, 5.41) is 0. The van der Waals surface area contributed by atoms with E-state index >= 15 is 0 Å². The van der Waals surface area contributed by atoms with Crippen LogP contribution in [-0.2, 0) is 9.47 Å². The summed E-state index contributed by atoms with van der Waals surface area (Å²) in [7, 11) is 0. The molecule has 1 saturated heterocycles. The van der Waals surface area contributed by atoms with Crippen LogP contribution in [0.5, 0.6) is 0 Å². The Labute approximate surface area is 110 Å². The van der Waals surface area contributed by atoms with Crippen molar-refractivity contribution in [2.24, 2.45) is 0 Å². The number of Topliss-reactive ketones (excluding diaryl/α,β-unsaturated/α-hetero) is 1. The standard InChI is InChI=1S/C14H16F2O3/c1-2-19-14(3-5-18-6-4-14)13(17)10-7-11(15)9-12(16)8-10/h7-9H,2-6H2,1H3. The summed E-state index contributed by atoms with van der Waals surface area (Å²) in [5.41, 5.74) is -1.01. The molecule has 1 fully saturated rings. The van der Waals surface area contributed by atoms with E-state index in [0.717, 1.165) is 18.2 Å². The number of ether oxygens (including phenoxy) is 2. The second-order valence-corrected chi connectivity index (χ2v) is 4.53. The van der Waals surface area contributed by atoms with Crippen molar-refractivity contribution in [1.29, 1.82) is 0 Å². The lowest BCUT2D eigenvalue weighted by Gasteiger charge is -2.35. The van der Waals surface area contributed by atoms with Crippen LogP contribution in [-0.4, -0.2) is 31.2 Å². The lowest BCUT2D eigenvalue weighted by Crippen LogP contribution is -2.46. The fourth-order valence-corrected chi connectivity index (χ4v) is 2.36. The maximum atomic E-state index is 13.2. The molecule has 0 bridgehead atoms. The average molecular weight is 270 g/mol. The summed E-state index contributed by atoms with van der Waals surface area (Å²) in [5.74, 6) is -1.90. The predicted octanol–water partition coefficient (Wildman–Crippen LogP) is 2.73. The molecule has 0 atom stereocenters. The zero-order valence-electron chi connectivity index (χ0n) is 10.7. The minimum Gasteiger partial charge on any atom is -0.381 e. The number of hydrogen-bond acceptors (Lipinski definition) is 3. The van der Waals surface area contributed by atoms with E-state index < -0.39 is 17.2 Å². The largest absolute Gasteiger partial charge is 0.381 e. The van der Waals surface area contributed by atoms with Crippen LogP contribution in [0.25, 0.3) is 0 Å². The van der Waals surface area contributed by atoms with E-state index in [0.29, 0.717) is 32.7 Å². The third-order valence-electron chi connectivity index (χ3n) is 3.26. The number of rotatable bonds is 4. The number of carbonyl (C=O) groups is 1. The Morgan fingerprint density at radius 3 is 2.37 bits per heavy atom. The van der Waals surface area contributed by atoms with Crippen molar-refractivity contribution in [3.05, 3.63) is 35.4 Å². The Balaban J connectivity index is 2.33. The quantitative estimate of drug-likeness (QED) is 0.789. The number of carbonyl (C=O) groups excluding carboxylic acids is 1. The Hall–Kier alpha value is -1.33. The van der Waals surface area contributed by atoms with E-state index in [-0.39, 0.29) is 11.3 Å². The molecule has 1 heterocycles. The van der Waals surface area contributed by atoms with Gasteiger partial charge in [-0.15, -0.1) is 0 Å². The predicted molar refractivity (Wildman–Crippen MR) is 65.1 cm³/mol. The average Bonchev–Trinajstić information content (AvgIpc) is 2.38.